The van der Waals surface area contributed by atoms with Crippen LogP contribution in [0.5, 0.6) is 0 Å². The molecule has 0 aromatic carbocycles. The zero-order valence-electron chi connectivity index (χ0n) is 16.7. The molecule has 0 unspecified atom stereocenters. The maximum atomic E-state index is 5.89. The number of rotatable bonds is 2. The minimum absolute atomic E-state index is 0.366. The average molecular weight is 484 g/mol. The summed E-state index contributed by atoms with van der Waals surface area (Å²) >= 11 is 23.4. The highest BCUT2D eigenvalue weighted by Crippen LogP contribution is 2.20. The summed E-state index contributed by atoms with van der Waals surface area (Å²) in [7, 11) is 0. The van der Waals surface area contributed by atoms with Crippen LogP contribution in [0, 0.1) is 27.7 Å². The molecule has 156 valence electrons. The summed E-state index contributed by atoms with van der Waals surface area (Å²) in [4.78, 5) is 8.32. The number of hydrogen-bond acceptors (Lipinski definition) is 4. The van der Waals surface area contributed by atoms with Crippen molar-refractivity contribution in [2.45, 2.75) is 27.7 Å². The maximum Gasteiger partial charge on any atom is 0.156 e. The normalized spacial score (nSPS) is 10.7. The fraction of sp³-hybridized carbons (Fsp3) is 0.200. The van der Waals surface area contributed by atoms with Crippen molar-refractivity contribution in [2.24, 2.45) is 0 Å². The van der Waals surface area contributed by atoms with E-state index >= 15 is 0 Å². The highest BCUT2D eigenvalue weighted by atomic mass is 35.5. The fourth-order valence-corrected chi connectivity index (χ4v) is 3.77. The van der Waals surface area contributed by atoms with Gasteiger partial charge in [0.25, 0.3) is 0 Å². The molecular formula is C20H18Cl4N6. The molecule has 0 radical (unpaired) electrons. The van der Waals surface area contributed by atoms with Gasteiger partial charge in [0.2, 0.25) is 0 Å². The van der Waals surface area contributed by atoms with Gasteiger partial charge in [-0.3, -0.25) is 0 Å². The summed E-state index contributed by atoms with van der Waals surface area (Å²) in [5.74, 6) is 1.27. The van der Waals surface area contributed by atoms with Crippen LogP contribution >= 0.6 is 46.4 Å². The molecule has 0 spiro atoms. The number of hydrogen-bond donors (Lipinski definition) is 0. The Kier molecular flexibility index (Phi) is 7.03. The molecule has 0 saturated carbocycles. The van der Waals surface area contributed by atoms with Crippen molar-refractivity contribution in [1.82, 2.24) is 29.5 Å². The zero-order valence-corrected chi connectivity index (χ0v) is 19.7. The summed E-state index contributed by atoms with van der Waals surface area (Å²) in [6.07, 6.45) is 0. The first-order valence-electron chi connectivity index (χ1n) is 8.86. The number of aryl methyl sites for hydroxylation is 4. The van der Waals surface area contributed by atoms with Crippen molar-refractivity contribution < 1.29 is 0 Å². The molecule has 0 amide bonds. The minimum Gasteiger partial charge on any atom is -0.219 e. The van der Waals surface area contributed by atoms with Crippen molar-refractivity contribution >= 4 is 46.4 Å². The van der Waals surface area contributed by atoms with Crippen LogP contribution in [0.15, 0.2) is 36.4 Å². The van der Waals surface area contributed by atoms with E-state index in [1.54, 1.807) is 33.6 Å². The quantitative estimate of drug-likeness (QED) is 0.310. The van der Waals surface area contributed by atoms with E-state index in [4.69, 9.17) is 46.4 Å². The highest BCUT2D eigenvalue weighted by molar-refractivity contribution is 6.34. The van der Waals surface area contributed by atoms with Crippen LogP contribution in [-0.2, 0) is 0 Å². The molecule has 4 heterocycles. The maximum absolute atomic E-state index is 5.89. The third-order valence-electron chi connectivity index (χ3n) is 3.94. The molecule has 0 aliphatic carbocycles. The summed E-state index contributed by atoms with van der Waals surface area (Å²) in [5, 5.41) is 10.4. The van der Waals surface area contributed by atoms with E-state index in [0.717, 1.165) is 22.8 Å². The van der Waals surface area contributed by atoms with Gasteiger partial charge >= 0.3 is 0 Å². The van der Waals surface area contributed by atoms with Crippen LogP contribution in [0.2, 0.25) is 20.4 Å². The summed E-state index contributed by atoms with van der Waals surface area (Å²) in [6.45, 7) is 7.76. The standard InChI is InChI=1S/2C10H9Cl2N3/c2*1-6-3-7(2)15(14-6)10-5-8(11)4-9(12)13-10/h2*3-5H,1-2H3. The lowest BCUT2D eigenvalue weighted by Gasteiger charge is -2.04. The minimum atomic E-state index is 0.366. The Morgan fingerprint density at radius 1 is 0.567 bits per heavy atom. The van der Waals surface area contributed by atoms with Gasteiger partial charge in [0.15, 0.2) is 11.6 Å². The van der Waals surface area contributed by atoms with Crippen LogP contribution in [-0.4, -0.2) is 29.5 Å². The smallest absolute Gasteiger partial charge is 0.156 e. The van der Waals surface area contributed by atoms with Gasteiger partial charge in [-0.05, 0) is 52.0 Å². The number of halogens is 4. The molecule has 0 N–H and O–H groups in total. The molecule has 0 bridgehead atoms. The average Bonchev–Trinajstić information content (AvgIpc) is 3.14. The van der Waals surface area contributed by atoms with Gasteiger partial charge in [-0.2, -0.15) is 10.2 Å². The van der Waals surface area contributed by atoms with E-state index in [1.807, 2.05) is 39.8 Å². The van der Waals surface area contributed by atoms with Crippen molar-refractivity contribution in [2.75, 3.05) is 0 Å². The topological polar surface area (TPSA) is 61.4 Å². The van der Waals surface area contributed by atoms with Crippen LogP contribution in [0.3, 0.4) is 0 Å². The third-order valence-corrected chi connectivity index (χ3v) is 4.77. The molecule has 4 aromatic rings. The largest absolute Gasteiger partial charge is 0.219 e. The lowest BCUT2D eigenvalue weighted by molar-refractivity contribution is 0.806. The Balaban J connectivity index is 0.000000171. The first-order valence-corrected chi connectivity index (χ1v) is 10.4. The van der Waals surface area contributed by atoms with Crippen molar-refractivity contribution in [3.8, 4) is 11.6 Å². The van der Waals surface area contributed by atoms with Crippen molar-refractivity contribution in [3.05, 3.63) is 79.5 Å². The molecule has 6 nitrogen and oxygen atoms in total. The molecule has 4 rings (SSSR count). The second-order valence-electron chi connectivity index (χ2n) is 6.61. The first kappa shape index (κ1) is 22.6. The molecule has 10 heteroatoms. The second kappa shape index (κ2) is 9.35. The molecule has 0 fully saturated rings. The SMILES string of the molecule is Cc1cc(C)n(-c2cc(Cl)cc(Cl)n2)n1.Cc1cc(C)n(-c2cc(Cl)cc(Cl)n2)n1. The summed E-state index contributed by atoms with van der Waals surface area (Å²) < 4.78 is 3.43. The summed E-state index contributed by atoms with van der Waals surface area (Å²) in [6, 6.07) is 10.6. The highest BCUT2D eigenvalue weighted by Gasteiger charge is 2.08. The molecule has 0 aliphatic rings. The first-order chi connectivity index (χ1) is 14.1. The monoisotopic (exact) mass is 482 g/mol. The van der Waals surface area contributed by atoms with Crippen LogP contribution in [0.4, 0.5) is 0 Å². The van der Waals surface area contributed by atoms with Crippen LogP contribution in [0.1, 0.15) is 22.8 Å². The van der Waals surface area contributed by atoms with E-state index in [0.29, 0.717) is 32.0 Å². The molecule has 0 saturated heterocycles. The van der Waals surface area contributed by atoms with E-state index in [-0.39, 0.29) is 0 Å². The second-order valence-corrected chi connectivity index (χ2v) is 8.26. The third kappa shape index (κ3) is 5.52. The Morgan fingerprint density at radius 2 is 0.933 bits per heavy atom. The molecular weight excluding hydrogens is 466 g/mol. The van der Waals surface area contributed by atoms with E-state index in [9.17, 15) is 0 Å². The number of pyridine rings is 2. The van der Waals surface area contributed by atoms with Gasteiger partial charge in [-0.15, -0.1) is 0 Å². The number of aromatic nitrogens is 6. The fourth-order valence-electron chi connectivity index (χ4n) is 2.84. The van der Waals surface area contributed by atoms with Gasteiger partial charge in [-0.25, -0.2) is 19.3 Å². The Morgan fingerprint density at radius 3 is 1.20 bits per heavy atom. The van der Waals surface area contributed by atoms with E-state index < -0.39 is 0 Å². The van der Waals surface area contributed by atoms with Crippen LogP contribution in [0.25, 0.3) is 11.6 Å². The van der Waals surface area contributed by atoms with Gasteiger partial charge in [0.1, 0.15) is 10.3 Å². The van der Waals surface area contributed by atoms with Crippen molar-refractivity contribution in [3.63, 3.8) is 0 Å². The van der Waals surface area contributed by atoms with Crippen LogP contribution < -0.4 is 0 Å². The molecule has 30 heavy (non-hydrogen) atoms. The molecule has 0 atom stereocenters. The van der Waals surface area contributed by atoms with E-state index in [1.165, 1.54) is 0 Å². The molecule has 0 aliphatic heterocycles. The van der Waals surface area contributed by atoms with Gasteiger partial charge in [-0.1, -0.05) is 46.4 Å². The Bertz CT molecular complexity index is 1060. The lowest BCUT2D eigenvalue weighted by atomic mass is 10.4. The predicted octanol–water partition coefficient (Wildman–Crippen LogP) is 6.38. The van der Waals surface area contributed by atoms with Gasteiger partial charge in [0, 0.05) is 33.6 Å². The number of nitrogens with zero attached hydrogens (tertiary/aromatic N) is 6. The predicted molar refractivity (Wildman–Crippen MR) is 122 cm³/mol. The van der Waals surface area contributed by atoms with E-state index in [2.05, 4.69) is 20.2 Å². The van der Waals surface area contributed by atoms with Gasteiger partial charge < -0.3 is 0 Å². The van der Waals surface area contributed by atoms with Crippen molar-refractivity contribution in [1.29, 1.82) is 0 Å². The summed E-state index contributed by atoms with van der Waals surface area (Å²) in [5.41, 5.74) is 3.87. The Hall–Kier alpha value is -2.12. The lowest BCUT2D eigenvalue weighted by Crippen LogP contribution is -2.01. The zero-order chi connectivity index (χ0) is 22.0. The Labute approximate surface area is 194 Å². The van der Waals surface area contributed by atoms with Gasteiger partial charge in [0.05, 0.1) is 11.4 Å². The molecule has 4 aromatic heterocycles.